The molecule has 3 aromatic rings. The van der Waals surface area contributed by atoms with Crippen molar-refractivity contribution in [1.82, 2.24) is 10.2 Å². The predicted octanol–water partition coefficient (Wildman–Crippen LogP) is 7.34. The van der Waals surface area contributed by atoms with Gasteiger partial charge < -0.3 is 10.2 Å². The van der Waals surface area contributed by atoms with Crippen LogP contribution in [0.5, 0.6) is 0 Å². The zero-order chi connectivity index (χ0) is 26.8. The largest absolute Gasteiger partial charge is 0.352 e. The van der Waals surface area contributed by atoms with Crippen LogP contribution in [-0.4, -0.2) is 34.6 Å². The predicted molar refractivity (Wildman–Crippen MR) is 155 cm³/mol. The van der Waals surface area contributed by atoms with Crippen LogP contribution < -0.4 is 5.32 Å². The lowest BCUT2D eigenvalue weighted by Crippen LogP contribution is -2.52. The Morgan fingerprint density at radius 1 is 0.946 bits per heavy atom. The number of nitrogens with one attached hydrogen (secondary N) is 1. The van der Waals surface area contributed by atoms with E-state index in [0.29, 0.717) is 27.8 Å². The molecule has 2 atom stereocenters. The molecule has 0 radical (unpaired) electrons. The molecule has 1 N–H and O–H groups in total. The van der Waals surface area contributed by atoms with Crippen molar-refractivity contribution in [3.63, 3.8) is 0 Å². The standard InChI is InChI=1S/C30H34Cl2N2O2S/c1-4-22(3)33-30(36)28(19-23-9-6-5-7-10-23)34(20-25-26(31)11-8-12-27(25)32)29(35)17-18-37-24-15-13-21(2)14-16-24/h5-16,22,28H,4,17-20H2,1-3H3,(H,33,36)/t22-,28+/m1/s1. The summed E-state index contributed by atoms with van der Waals surface area (Å²) in [5, 5.41) is 4.03. The highest BCUT2D eigenvalue weighted by Gasteiger charge is 2.31. The van der Waals surface area contributed by atoms with E-state index in [1.165, 1.54) is 5.56 Å². The van der Waals surface area contributed by atoms with Crippen LogP contribution in [0.3, 0.4) is 0 Å². The molecule has 0 aromatic heterocycles. The van der Waals surface area contributed by atoms with Crippen molar-refractivity contribution >= 4 is 46.8 Å². The number of halogens is 2. The molecule has 37 heavy (non-hydrogen) atoms. The number of hydrogen-bond acceptors (Lipinski definition) is 3. The Labute approximate surface area is 234 Å². The topological polar surface area (TPSA) is 49.4 Å². The van der Waals surface area contributed by atoms with Crippen molar-refractivity contribution in [2.75, 3.05) is 5.75 Å². The van der Waals surface area contributed by atoms with Gasteiger partial charge in [0.15, 0.2) is 0 Å². The van der Waals surface area contributed by atoms with Gasteiger partial charge in [0.1, 0.15) is 6.04 Å². The first-order valence-electron chi connectivity index (χ1n) is 12.5. The SMILES string of the molecule is CC[C@@H](C)NC(=O)[C@H](Cc1ccccc1)N(Cc1c(Cl)cccc1Cl)C(=O)CCSc1ccc(C)cc1. The zero-order valence-corrected chi connectivity index (χ0v) is 23.9. The highest BCUT2D eigenvalue weighted by Crippen LogP contribution is 2.28. The van der Waals surface area contributed by atoms with Crippen LogP contribution >= 0.6 is 35.0 Å². The number of thioether (sulfide) groups is 1. The van der Waals surface area contributed by atoms with Crippen LogP contribution in [-0.2, 0) is 22.6 Å². The molecule has 0 aliphatic carbocycles. The van der Waals surface area contributed by atoms with Gasteiger partial charge in [-0.2, -0.15) is 0 Å². The van der Waals surface area contributed by atoms with E-state index >= 15 is 0 Å². The Morgan fingerprint density at radius 3 is 2.22 bits per heavy atom. The third-order valence-corrected chi connectivity index (χ3v) is 7.99. The van der Waals surface area contributed by atoms with Gasteiger partial charge in [-0.3, -0.25) is 9.59 Å². The Hall–Kier alpha value is -2.47. The van der Waals surface area contributed by atoms with Gasteiger partial charge in [-0.1, -0.05) is 84.2 Å². The van der Waals surface area contributed by atoms with Gasteiger partial charge in [0.2, 0.25) is 11.8 Å². The fourth-order valence-electron chi connectivity index (χ4n) is 3.88. The number of hydrogen-bond donors (Lipinski definition) is 1. The van der Waals surface area contributed by atoms with Crippen LogP contribution in [0.1, 0.15) is 43.4 Å². The second-order valence-electron chi connectivity index (χ2n) is 9.16. The molecule has 0 unspecified atom stereocenters. The van der Waals surface area contributed by atoms with Gasteiger partial charge in [0.25, 0.3) is 0 Å². The van der Waals surface area contributed by atoms with Crippen molar-refractivity contribution in [2.45, 2.75) is 63.6 Å². The first-order valence-corrected chi connectivity index (χ1v) is 14.3. The van der Waals surface area contributed by atoms with Crippen LogP contribution in [0.15, 0.2) is 77.7 Å². The molecule has 3 aromatic carbocycles. The molecule has 0 spiro atoms. The van der Waals surface area contributed by atoms with E-state index in [0.717, 1.165) is 16.9 Å². The third kappa shape index (κ3) is 8.80. The number of benzene rings is 3. The molecule has 0 heterocycles. The number of carbonyl (C=O) groups is 2. The van der Waals surface area contributed by atoms with Crippen LogP contribution in [0.4, 0.5) is 0 Å². The van der Waals surface area contributed by atoms with E-state index in [1.54, 1.807) is 34.9 Å². The van der Waals surface area contributed by atoms with Crippen molar-refractivity contribution in [3.05, 3.63) is 99.5 Å². The van der Waals surface area contributed by atoms with Gasteiger partial charge in [-0.15, -0.1) is 11.8 Å². The Kier molecular flexibility index (Phi) is 11.4. The van der Waals surface area contributed by atoms with Gasteiger partial charge in [0.05, 0.1) is 0 Å². The van der Waals surface area contributed by atoms with Gasteiger partial charge in [-0.25, -0.2) is 0 Å². The van der Waals surface area contributed by atoms with Gasteiger partial charge >= 0.3 is 0 Å². The first-order chi connectivity index (χ1) is 17.8. The Bertz CT molecular complexity index is 1150. The first kappa shape index (κ1) is 29.1. The van der Waals surface area contributed by atoms with Crippen molar-refractivity contribution < 1.29 is 9.59 Å². The van der Waals surface area contributed by atoms with E-state index in [-0.39, 0.29) is 30.8 Å². The number of rotatable bonds is 12. The molecule has 0 saturated carbocycles. The molecule has 7 heteroatoms. The maximum atomic E-state index is 13.8. The summed E-state index contributed by atoms with van der Waals surface area (Å²) in [6.07, 6.45) is 1.46. The highest BCUT2D eigenvalue weighted by molar-refractivity contribution is 7.99. The van der Waals surface area contributed by atoms with E-state index in [9.17, 15) is 9.59 Å². The second-order valence-corrected chi connectivity index (χ2v) is 11.1. The quantitative estimate of drug-likeness (QED) is 0.237. The molecular weight excluding hydrogens is 523 g/mol. The molecule has 0 bridgehead atoms. The van der Waals surface area contributed by atoms with Gasteiger partial charge in [0, 0.05) is 51.7 Å². The maximum absolute atomic E-state index is 13.8. The van der Waals surface area contributed by atoms with E-state index < -0.39 is 6.04 Å². The summed E-state index contributed by atoms with van der Waals surface area (Å²) in [6.45, 7) is 6.18. The lowest BCUT2D eigenvalue weighted by Gasteiger charge is -2.33. The minimum Gasteiger partial charge on any atom is -0.352 e. The summed E-state index contributed by atoms with van der Waals surface area (Å²) < 4.78 is 0. The summed E-state index contributed by atoms with van der Waals surface area (Å²) in [5.74, 6) is 0.302. The molecule has 0 saturated heterocycles. The number of amides is 2. The molecule has 2 amide bonds. The smallest absolute Gasteiger partial charge is 0.243 e. The summed E-state index contributed by atoms with van der Waals surface area (Å²) in [7, 11) is 0. The molecule has 4 nitrogen and oxygen atoms in total. The fourth-order valence-corrected chi connectivity index (χ4v) is 5.24. The minimum atomic E-state index is -0.708. The lowest BCUT2D eigenvalue weighted by atomic mass is 10.0. The minimum absolute atomic E-state index is 0.0104. The van der Waals surface area contributed by atoms with Crippen LogP contribution in [0, 0.1) is 6.92 Å². The Morgan fingerprint density at radius 2 is 1.59 bits per heavy atom. The highest BCUT2D eigenvalue weighted by atomic mass is 35.5. The van der Waals surface area contributed by atoms with E-state index in [4.69, 9.17) is 23.2 Å². The molecule has 0 aliphatic heterocycles. The average molecular weight is 558 g/mol. The van der Waals surface area contributed by atoms with Crippen LogP contribution in [0.25, 0.3) is 0 Å². The summed E-state index contributed by atoms with van der Waals surface area (Å²) in [5.41, 5.74) is 2.81. The molecule has 3 rings (SSSR count). The lowest BCUT2D eigenvalue weighted by molar-refractivity contribution is -0.141. The zero-order valence-electron chi connectivity index (χ0n) is 21.5. The molecule has 0 aliphatic rings. The second kappa shape index (κ2) is 14.5. The monoisotopic (exact) mass is 556 g/mol. The maximum Gasteiger partial charge on any atom is 0.243 e. The van der Waals surface area contributed by atoms with Crippen molar-refractivity contribution in [2.24, 2.45) is 0 Å². The summed E-state index contributed by atoms with van der Waals surface area (Å²) in [6, 6.07) is 22.6. The van der Waals surface area contributed by atoms with E-state index in [1.807, 2.05) is 51.1 Å². The molecular formula is C30H34Cl2N2O2S. The number of carbonyl (C=O) groups excluding carboxylic acids is 2. The number of aryl methyl sites for hydroxylation is 1. The summed E-state index contributed by atoms with van der Waals surface area (Å²) in [4.78, 5) is 30.1. The van der Waals surface area contributed by atoms with E-state index in [2.05, 4.69) is 29.6 Å². The average Bonchev–Trinajstić information content (AvgIpc) is 2.89. The third-order valence-electron chi connectivity index (χ3n) is 6.27. The molecule has 196 valence electrons. The normalized spacial score (nSPS) is 12.6. The number of nitrogens with zero attached hydrogens (tertiary/aromatic N) is 1. The Balaban J connectivity index is 1.90. The van der Waals surface area contributed by atoms with Gasteiger partial charge in [-0.05, 0) is 50.1 Å². The summed E-state index contributed by atoms with van der Waals surface area (Å²) >= 11 is 14.6. The van der Waals surface area contributed by atoms with Crippen molar-refractivity contribution in [3.8, 4) is 0 Å². The molecule has 0 fully saturated rings. The van der Waals surface area contributed by atoms with Crippen molar-refractivity contribution in [1.29, 1.82) is 0 Å². The fraction of sp³-hybridized carbons (Fsp3) is 0.333. The van der Waals surface area contributed by atoms with Crippen LogP contribution in [0.2, 0.25) is 10.0 Å².